The fraction of sp³-hybridized carbons (Fsp3) is 0.938. The summed E-state index contributed by atoms with van der Waals surface area (Å²) in [5.41, 5.74) is -0.897. The first-order valence-electron chi connectivity index (χ1n) is 7.92. The van der Waals surface area contributed by atoms with Gasteiger partial charge in [0.05, 0.1) is 21.7 Å². The maximum Gasteiger partial charge on any atom is 0.405 e. The topological polar surface area (TPSA) is 55.4 Å². The van der Waals surface area contributed by atoms with Gasteiger partial charge in [-0.3, -0.25) is 4.79 Å². The Morgan fingerprint density at radius 3 is 1.83 bits per heavy atom. The first kappa shape index (κ1) is 23.4. The average molecular weight is 373 g/mol. The van der Waals surface area contributed by atoms with Crippen LogP contribution in [0.5, 0.6) is 0 Å². The standard InChI is InChI=1S/C16H30F3NO3S/c1-10(2)9-11(13(21)23-14(3,4)5)12(16(17,18)19)20-24(22)15(6,7)8/h10-12,20H,9H2,1-8H3/t11-,12-,24-/m1/s1. The molecule has 24 heavy (non-hydrogen) atoms. The molecule has 4 nitrogen and oxygen atoms in total. The summed E-state index contributed by atoms with van der Waals surface area (Å²) < 4.78 is 59.2. The van der Waals surface area contributed by atoms with Gasteiger partial charge < -0.3 is 4.74 Å². The third kappa shape index (κ3) is 8.46. The lowest BCUT2D eigenvalue weighted by Crippen LogP contribution is -2.54. The predicted octanol–water partition coefficient (Wildman–Crippen LogP) is 3.97. The summed E-state index contributed by atoms with van der Waals surface area (Å²) in [6.45, 7) is 12.9. The fourth-order valence-electron chi connectivity index (χ4n) is 1.92. The van der Waals surface area contributed by atoms with Crippen molar-refractivity contribution in [1.82, 2.24) is 4.72 Å². The van der Waals surface area contributed by atoms with Gasteiger partial charge in [-0.2, -0.15) is 13.2 Å². The molecule has 0 saturated heterocycles. The van der Waals surface area contributed by atoms with Crippen LogP contribution in [0.25, 0.3) is 0 Å². The van der Waals surface area contributed by atoms with Crippen molar-refractivity contribution in [3.05, 3.63) is 0 Å². The van der Waals surface area contributed by atoms with E-state index in [2.05, 4.69) is 4.72 Å². The molecule has 0 radical (unpaired) electrons. The van der Waals surface area contributed by atoms with Crippen molar-refractivity contribution in [2.24, 2.45) is 11.8 Å². The van der Waals surface area contributed by atoms with E-state index < -0.39 is 45.4 Å². The van der Waals surface area contributed by atoms with E-state index in [1.165, 1.54) is 0 Å². The Morgan fingerprint density at radius 2 is 1.54 bits per heavy atom. The van der Waals surface area contributed by atoms with Gasteiger partial charge >= 0.3 is 12.1 Å². The minimum absolute atomic E-state index is 0.0204. The molecule has 0 spiro atoms. The number of carbonyl (C=O) groups excluding carboxylic acids is 1. The van der Waals surface area contributed by atoms with Crippen molar-refractivity contribution in [3.63, 3.8) is 0 Å². The van der Waals surface area contributed by atoms with Crippen molar-refractivity contribution in [2.45, 2.75) is 84.4 Å². The first-order chi connectivity index (χ1) is 10.4. The van der Waals surface area contributed by atoms with Crippen molar-refractivity contribution in [2.75, 3.05) is 0 Å². The summed E-state index contributed by atoms with van der Waals surface area (Å²) in [7, 11) is -1.97. The van der Waals surface area contributed by atoms with Crippen LogP contribution in [0.15, 0.2) is 0 Å². The van der Waals surface area contributed by atoms with E-state index >= 15 is 0 Å². The highest BCUT2D eigenvalue weighted by Crippen LogP contribution is 2.32. The molecule has 0 rings (SSSR count). The Kier molecular flexibility index (Phi) is 7.95. The number of nitrogens with one attached hydrogen (secondary N) is 1. The molecule has 0 aromatic heterocycles. The minimum Gasteiger partial charge on any atom is -0.460 e. The van der Waals surface area contributed by atoms with Crippen LogP contribution in [0, 0.1) is 11.8 Å². The van der Waals surface area contributed by atoms with Gasteiger partial charge in [0.25, 0.3) is 0 Å². The van der Waals surface area contributed by atoms with Crippen molar-refractivity contribution in [1.29, 1.82) is 0 Å². The van der Waals surface area contributed by atoms with Crippen LogP contribution in [0.3, 0.4) is 0 Å². The number of hydrogen-bond acceptors (Lipinski definition) is 3. The van der Waals surface area contributed by atoms with Crippen LogP contribution in [-0.4, -0.2) is 32.7 Å². The molecule has 0 aromatic rings. The van der Waals surface area contributed by atoms with Gasteiger partial charge in [-0.1, -0.05) is 13.8 Å². The highest BCUT2D eigenvalue weighted by Gasteiger charge is 2.50. The van der Waals surface area contributed by atoms with Gasteiger partial charge in [0.2, 0.25) is 0 Å². The Morgan fingerprint density at radius 1 is 1.08 bits per heavy atom. The van der Waals surface area contributed by atoms with E-state index in [4.69, 9.17) is 4.74 Å². The number of ether oxygens (including phenoxy) is 1. The van der Waals surface area contributed by atoms with Gasteiger partial charge in [-0.25, -0.2) is 8.93 Å². The van der Waals surface area contributed by atoms with Crippen LogP contribution in [-0.2, 0) is 20.5 Å². The fourth-order valence-corrected chi connectivity index (χ4v) is 2.80. The van der Waals surface area contributed by atoms with E-state index in [0.717, 1.165) is 0 Å². The molecular weight excluding hydrogens is 343 g/mol. The smallest absolute Gasteiger partial charge is 0.405 e. The second kappa shape index (κ2) is 8.17. The van der Waals surface area contributed by atoms with Crippen LogP contribution in [0.2, 0.25) is 0 Å². The van der Waals surface area contributed by atoms with Gasteiger partial charge in [0, 0.05) is 0 Å². The molecule has 8 heteroatoms. The predicted molar refractivity (Wildman–Crippen MR) is 89.7 cm³/mol. The van der Waals surface area contributed by atoms with Gasteiger partial charge in [0.1, 0.15) is 11.6 Å². The average Bonchev–Trinajstić information content (AvgIpc) is 2.27. The highest BCUT2D eigenvalue weighted by atomic mass is 32.2. The lowest BCUT2D eigenvalue weighted by Gasteiger charge is -2.33. The summed E-state index contributed by atoms with van der Waals surface area (Å²) in [4.78, 5) is 12.4. The lowest BCUT2D eigenvalue weighted by atomic mass is 9.90. The zero-order valence-corrected chi connectivity index (χ0v) is 16.5. The number of halogens is 3. The monoisotopic (exact) mass is 373 g/mol. The summed E-state index contributed by atoms with van der Waals surface area (Å²) in [6, 6.07) is -2.23. The molecule has 3 atom stereocenters. The molecule has 1 N–H and O–H groups in total. The number of hydrogen-bond donors (Lipinski definition) is 1. The van der Waals surface area contributed by atoms with Crippen LogP contribution in [0.4, 0.5) is 13.2 Å². The third-order valence-corrected chi connectivity index (χ3v) is 4.56. The lowest BCUT2D eigenvalue weighted by molar-refractivity contribution is -0.186. The summed E-state index contributed by atoms with van der Waals surface area (Å²) in [5.74, 6) is -2.55. The molecule has 0 fully saturated rings. The van der Waals surface area contributed by atoms with Crippen molar-refractivity contribution < 1.29 is 26.9 Å². The van der Waals surface area contributed by atoms with Gasteiger partial charge in [-0.05, 0) is 53.9 Å². The van der Waals surface area contributed by atoms with E-state index in [9.17, 15) is 22.2 Å². The van der Waals surface area contributed by atoms with Crippen LogP contribution < -0.4 is 4.72 Å². The Balaban J connectivity index is 5.67. The highest BCUT2D eigenvalue weighted by molar-refractivity contribution is 7.84. The summed E-state index contributed by atoms with van der Waals surface area (Å²) >= 11 is 0. The molecule has 0 aliphatic carbocycles. The van der Waals surface area contributed by atoms with Crippen molar-refractivity contribution in [3.8, 4) is 0 Å². The molecule has 0 aliphatic rings. The maximum absolute atomic E-state index is 13.6. The largest absolute Gasteiger partial charge is 0.460 e. The molecule has 0 saturated carbocycles. The van der Waals surface area contributed by atoms with Crippen LogP contribution in [0.1, 0.15) is 61.8 Å². The summed E-state index contributed by atoms with van der Waals surface area (Å²) in [6.07, 6.45) is -4.75. The zero-order valence-electron chi connectivity index (χ0n) is 15.7. The molecule has 144 valence electrons. The molecular formula is C16H30F3NO3S. The molecule has 0 unspecified atom stereocenters. The van der Waals surface area contributed by atoms with Gasteiger partial charge in [-0.15, -0.1) is 0 Å². The second-order valence-corrected chi connectivity index (χ2v) is 10.3. The molecule has 0 aromatic carbocycles. The van der Waals surface area contributed by atoms with Gasteiger partial charge in [0.15, 0.2) is 0 Å². The summed E-state index contributed by atoms with van der Waals surface area (Å²) in [5, 5.41) is 0. The van der Waals surface area contributed by atoms with E-state index in [0.29, 0.717) is 0 Å². The van der Waals surface area contributed by atoms with E-state index in [1.807, 2.05) is 0 Å². The zero-order chi connectivity index (χ0) is 19.5. The number of esters is 1. The molecule has 0 aliphatic heterocycles. The Bertz CT molecular complexity index is 451. The Labute approximate surface area is 145 Å². The molecule has 0 bridgehead atoms. The number of rotatable bonds is 6. The minimum atomic E-state index is -4.72. The third-order valence-electron chi connectivity index (χ3n) is 2.98. The normalized spacial score (nSPS) is 17.5. The number of carbonyl (C=O) groups is 1. The van der Waals surface area contributed by atoms with E-state index in [1.54, 1.807) is 55.4 Å². The molecule has 0 heterocycles. The van der Waals surface area contributed by atoms with Crippen molar-refractivity contribution >= 4 is 17.0 Å². The maximum atomic E-state index is 13.6. The quantitative estimate of drug-likeness (QED) is 0.717. The second-order valence-electron chi connectivity index (χ2n) is 8.29. The SMILES string of the molecule is CC(C)C[C@@H](C(=O)OC(C)(C)C)[C@@H](N[S@](=O)C(C)(C)C)C(F)(F)F. The number of alkyl halides is 3. The van der Waals surface area contributed by atoms with Crippen LogP contribution >= 0.6 is 0 Å². The molecule has 0 amide bonds. The Hall–Kier alpha value is -0.630. The first-order valence-corrected chi connectivity index (χ1v) is 9.07. The van der Waals surface area contributed by atoms with E-state index in [-0.39, 0.29) is 12.3 Å².